The molecule has 1 aromatic carbocycles. The second-order valence-corrected chi connectivity index (χ2v) is 7.99. The molecule has 0 spiro atoms. The Morgan fingerprint density at radius 3 is 2.32 bits per heavy atom. The van der Waals surface area contributed by atoms with Crippen molar-refractivity contribution in [1.29, 1.82) is 0 Å². The lowest BCUT2D eigenvalue weighted by molar-refractivity contribution is -0.137. The molecular weight excluding hydrogens is 373 g/mol. The summed E-state index contributed by atoms with van der Waals surface area (Å²) in [7, 11) is 0. The molecule has 8 heteroatoms. The summed E-state index contributed by atoms with van der Waals surface area (Å²) < 4.78 is 43.8. The van der Waals surface area contributed by atoms with E-state index >= 15 is 0 Å². The Hall–Kier alpha value is -2.69. The highest BCUT2D eigenvalue weighted by Gasteiger charge is 2.53. The number of hydrogen-bond acceptors (Lipinski definition) is 3. The maximum atomic E-state index is 12.9. The molecule has 2 aliphatic heterocycles. The number of likely N-dealkylation sites (tertiary alicyclic amines) is 1. The summed E-state index contributed by atoms with van der Waals surface area (Å²) in [5.41, 5.74) is -1.17. The third kappa shape index (κ3) is 3.66. The molecule has 0 saturated carbocycles. The van der Waals surface area contributed by atoms with Crippen LogP contribution in [0.2, 0.25) is 0 Å². The SMILES string of the molecule is C#C[C@H]1[C@H]2C[C@H](CN(c3ccc(C(F)(F)F)cc3)C2=O)N1C(=O)OC(C)(C)C. The van der Waals surface area contributed by atoms with Crippen LogP contribution < -0.4 is 4.90 Å². The highest BCUT2D eigenvalue weighted by Crippen LogP contribution is 2.39. The van der Waals surface area contributed by atoms with E-state index in [9.17, 15) is 22.8 Å². The fraction of sp³-hybridized carbons (Fsp3) is 0.500. The van der Waals surface area contributed by atoms with Gasteiger partial charge in [0.05, 0.1) is 17.5 Å². The first-order valence-corrected chi connectivity index (χ1v) is 8.88. The number of carbonyl (C=O) groups excluding carboxylic acids is 2. The molecule has 0 N–H and O–H groups in total. The molecule has 150 valence electrons. The number of terminal acetylenes is 1. The van der Waals surface area contributed by atoms with Crippen LogP contribution in [0.1, 0.15) is 32.8 Å². The average molecular weight is 394 g/mol. The number of benzene rings is 1. The monoisotopic (exact) mass is 394 g/mol. The first-order chi connectivity index (χ1) is 12.9. The second-order valence-electron chi connectivity index (χ2n) is 7.99. The molecule has 2 bridgehead atoms. The minimum Gasteiger partial charge on any atom is -0.444 e. The molecule has 28 heavy (non-hydrogen) atoms. The summed E-state index contributed by atoms with van der Waals surface area (Å²) in [4.78, 5) is 28.4. The van der Waals surface area contributed by atoms with E-state index in [-0.39, 0.29) is 18.5 Å². The Kier molecular flexibility index (Phi) is 4.82. The Balaban J connectivity index is 1.87. The van der Waals surface area contributed by atoms with Crippen LogP contribution in [0.5, 0.6) is 0 Å². The standard InChI is InChI=1S/C20H21F3N2O3/c1-5-16-15-10-14(25(16)18(27)28-19(2,3)4)11-24(17(15)26)13-8-6-12(7-9-13)20(21,22)23/h1,6-9,14-16H,10-11H2,2-4H3/t14-,15-,16+/m1/s1. The summed E-state index contributed by atoms with van der Waals surface area (Å²) in [6, 6.07) is 3.28. The predicted molar refractivity (Wildman–Crippen MR) is 96.4 cm³/mol. The van der Waals surface area contributed by atoms with Crippen LogP contribution in [0.15, 0.2) is 24.3 Å². The molecule has 2 heterocycles. The third-order valence-corrected chi connectivity index (χ3v) is 4.86. The Morgan fingerprint density at radius 1 is 1.21 bits per heavy atom. The van der Waals surface area contributed by atoms with Gasteiger partial charge in [0.1, 0.15) is 11.6 Å². The minimum absolute atomic E-state index is 0.151. The number of fused-ring (bicyclic) bond motifs is 2. The fourth-order valence-corrected chi connectivity index (χ4v) is 3.69. The number of halogens is 3. The number of ether oxygens (including phenoxy) is 1. The van der Waals surface area contributed by atoms with Gasteiger partial charge in [-0.3, -0.25) is 9.69 Å². The molecule has 2 amide bonds. The van der Waals surface area contributed by atoms with Crippen molar-refractivity contribution in [1.82, 2.24) is 4.90 Å². The first kappa shape index (κ1) is 20.1. The fourth-order valence-electron chi connectivity index (χ4n) is 3.69. The Morgan fingerprint density at radius 2 is 1.82 bits per heavy atom. The molecule has 3 rings (SSSR count). The van der Waals surface area contributed by atoms with Crippen molar-refractivity contribution in [3.8, 4) is 12.3 Å². The minimum atomic E-state index is -4.45. The lowest BCUT2D eigenvalue weighted by atomic mass is 9.93. The van der Waals surface area contributed by atoms with Crippen LogP contribution in [0.25, 0.3) is 0 Å². The summed E-state index contributed by atoms with van der Waals surface area (Å²) in [5.74, 6) is 1.60. The van der Waals surface area contributed by atoms with Gasteiger partial charge in [-0.25, -0.2) is 4.79 Å². The summed E-state index contributed by atoms with van der Waals surface area (Å²) in [6.45, 7) is 5.35. The molecular formula is C20H21F3N2O3. The van der Waals surface area contributed by atoms with Gasteiger partial charge < -0.3 is 9.64 Å². The highest BCUT2D eigenvalue weighted by atomic mass is 19.4. The molecule has 3 atom stereocenters. The van der Waals surface area contributed by atoms with E-state index in [1.165, 1.54) is 21.9 Å². The molecule has 0 aromatic heterocycles. The summed E-state index contributed by atoms with van der Waals surface area (Å²) in [5, 5.41) is 0. The summed E-state index contributed by atoms with van der Waals surface area (Å²) >= 11 is 0. The number of piperidine rings is 1. The number of hydrogen-bond donors (Lipinski definition) is 0. The van der Waals surface area contributed by atoms with Crippen LogP contribution in [0.3, 0.4) is 0 Å². The number of anilines is 1. The lowest BCUT2D eigenvalue weighted by Crippen LogP contribution is -2.48. The molecule has 0 unspecified atom stereocenters. The largest absolute Gasteiger partial charge is 0.444 e. The van der Waals surface area contributed by atoms with E-state index in [1.54, 1.807) is 20.8 Å². The van der Waals surface area contributed by atoms with E-state index in [1.807, 2.05) is 0 Å². The van der Waals surface area contributed by atoms with Gasteiger partial charge in [0.15, 0.2) is 0 Å². The molecule has 2 saturated heterocycles. The van der Waals surface area contributed by atoms with E-state index in [0.29, 0.717) is 12.1 Å². The normalized spacial score (nSPS) is 24.9. The van der Waals surface area contributed by atoms with Gasteiger partial charge in [0.2, 0.25) is 5.91 Å². The van der Waals surface area contributed by atoms with Crippen molar-refractivity contribution in [3.63, 3.8) is 0 Å². The number of amides is 2. The highest BCUT2D eigenvalue weighted by molar-refractivity contribution is 5.98. The number of carbonyl (C=O) groups is 2. The topological polar surface area (TPSA) is 49.9 Å². The lowest BCUT2D eigenvalue weighted by Gasteiger charge is -2.33. The Bertz CT molecular complexity index is 821. The van der Waals surface area contributed by atoms with Gasteiger partial charge >= 0.3 is 12.3 Å². The van der Waals surface area contributed by atoms with Crippen LogP contribution in [0, 0.1) is 18.3 Å². The van der Waals surface area contributed by atoms with E-state index in [4.69, 9.17) is 11.2 Å². The molecule has 2 aliphatic rings. The maximum Gasteiger partial charge on any atom is 0.416 e. The van der Waals surface area contributed by atoms with Gasteiger partial charge in [0, 0.05) is 12.2 Å². The van der Waals surface area contributed by atoms with Crippen LogP contribution >= 0.6 is 0 Å². The molecule has 2 fully saturated rings. The second kappa shape index (κ2) is 6.73. The van der Waals surface area contributed by atoms with Gasteiger partial charge in [-0.2, -0.15) is 13.2 Å². The predicted octanol–water partition coefficient (Wildman–Crippen LogP) is 3.68. The zero-order chi connectivity index (χ0) is 20.9. The van der Waals surface area contributed by atoms with Crippen LogP contribution in [-0.2, 0) is 15.7 Å². The Labute approximate surface area is 161 Å². The number of nitrogens with zero attached hydrogens (tertiary/aromatic N) is 2. The number of alkyl halides is 3. The molecule has 0 radical (unpaired) electrons. The van der Waals surface area contributed by atoms with E-state index in [0.717, 1.165) is 12.1 Å². The van der Waals surface area contributed by atoms with Crippen LogP contribution in [0.4, 0.5) is 23.7 Å². The maximum absolute atomic E-state index is 12.9. The summed E-state index contributed by atoms with van der Waals surface area (Å²) in [6.07, 6.45) is 0.962. The molecule has 1 aromatic rings. The van der Waals surface area contributed by atoms with Crippen molar-refractivity contribution in [2.24, 2.45) is 5.92 Å². The smallest absolute Gasteiger partial charge is 0.416 e. The third-order valence-electron chi connectivity index (χ3n) is 4.86. The van der Waals surface area contributed by atoms with E-state index in [2.05, 4.69) is 5.92 Å². The van der Waals surface area contributed by atoms with Crippen LogP contribution in [-0.4, -0.2) is 41.1 Å². The number of rotatable bonds is 1. The van der Waals surface area contributed by atoms with Crippen molar-refractivity contribution >= 4 is 17.7 Å². The molecule has 5 nitrogen and oxygen atoms in total. The van der Waals surface area contributed by atoms with Gasteiger partial charge in [-0.15, -0.1) is 6.42 Å². The average Bonchev–Trinajstić information content (AvgIpc) is 2.90. The van der Waals surface area contributed by atoms with E-state index < -0.39 is 35.4 Å². The van der Waals surface area contributed by atoms with Crippen molar-refractivity contribution < 1.29 is 27.5 Å². The quantitative estimate of drug-likeness (QED) is 0.683. The van der Waals surface area contributed by atoms with Gasteiger partial charge in [-0.05, 0) is 51.5 Å². The van der Waals surface area contributed by atoms with Crippen molar-refractivity contribution in [2.45, 2.75) is 51.1 Å². The van der Waals surface area contributed by atoms with Crippen molar-refractivity contribution in [3.05, 3.63) is 29.8 Å². The van der Waals surface area contributed by atoms with Crippen molar-refractivity contribution in [2.75, 3.05) is 11.4 Å². The zero-order valence-corrected chi connectivity index (χ0v) is 15.8. The van der Waals surface area contributed by atoms with Gasteiger partial charge in [0.25, 0.3) is 0 Å². The van der Waals surface area contributed by atoms with Gasteiger partial charge in [-0.1, -0.05) is 5.92 Å². The zero-order valence-electron chi connectivity index (χ0n) is 15.8. The first-order valence-electron chi connectivity index (χ1n) is 8.88. The molecule has 0 aliphatic carbocycles.